The van der Waals surface area contributed by atoms with Crippen molar-refractivity contribution in [2.75, 3.05) is 23.7 Å². The lowest BCUT2D eigenvalue weighted by molar-refractivity contribution is -0.141. The van der Waals surface area contributed by atoms with Gasteiger partial charge in [0.15, 0.2) is 0 Å². The Balaban J connectivity index is 2.23. The number of rotatable bonds is 14. The Morgan fingerprint density at radius 3 is 2.21 bits per heavy atom. The molecule has 0 saturated carbocycles. The van der Waals surface area contributed by atoms with Crippen molar-refractivity contribution in [1.82, 2.24) is 10.2 Å². The summed E-state index contributed by atoms with van der Waals surface area (Å²) in [4.78, 5) is 28.0. The van der Waals surface area contributed by atoms with Crippen LogP contribution in [0.1, 0.15) is 52.5 Å². The molecule has 2 aromatic rings. The van der Waals surface area contributed by atoms with E-state index in [9.17, 15) is 18.0 Å². The van der Waals surface area contributed by atoms with Gasteiger partial charge in [-0.15, -0.1) is 0 Å². The number of ether oxygens (including phenoxy) is 1. The molecule has 2 amide bonds. The molecule has 0 aliphatic heterocycles. The molecule has 1 N–H and O–H groups in total. The van der Waals surface area contributed by atoms with E-state index < -0.39 is 16.1 Å². The van der Waals surface area contributed by atoms with E-state index in [-0.39, 0.29) is 43.8 Å². The first-order valence-corrected chi connectivity index (χ1v) is 15.2. The number of amides is 2. The molecule has 0 heterocycles. The number of nitrogens with one attached hydrogen (secondary N) is 1. The van der Waals surface area contributed by atoms with E-state index in [1.54, 1.807) is 42.5 Å². The Labute approximate surface area is 236 Å². The van der Waals surface area contributed by atoms with Gasteiger partial charge in [0.05, 0.1) is 28.6 Å². The summed E-state index contributed by atoms with van der Waals surface area (Å²) < 4.78 is 31.7. The highest BCUT2D eigenvalue weighted by molar-refractivity contribution is 7.92. The van der Waals surface area contributed by atoms with Crippen LogP contribution in [0.5, 0.6) is 5.75 Å². The molecule has 210 valence electrons. The summed E-state index contributed by atoms with van der Waals surface area (Å²) in [7, 11) is -3.59. The Morgan fingerprint density at radius 2 is 1.68 bits per heavy atom. The van der Waals surface area contributed by atoms with Crippen molar-refractivity contribution in [1.29, 1.82) is 0 Å². The van der Waals surface area contributed by atoms with Gasteiger partial charge in [0.1, 0.15) is 11.8 Å². The molecule has 1 atom stereocenters. The first-order valence-electron chi connectivity index (χ1n) is 12.6. The van der Waals surface area contributed by atoms with E-state index in [4.69, 9.17) is 27.9 Å². The van der Waals surface area contributed by atoms with Crippen LogP contribution < -0.4 is 14.4 Å². The van der Waals surface area contributed by atoms with Gasteiger partial charge in [0.25, 0.3) is 0 Å². The Bertz CT molecular complexity index is 1190. The van der Waals surface area contributed by atoms with Gasteiger partial charge in [-0.1, -0.05) is 36.2 Å². The average molecular weight is 587 g/mol. The molecule has 0 radical (unpaired) electrons. The molecule has 2 aromatic carbocycles. The monoisotopic (exact) mass is 585 g/mol. The molecule has 8 nitrogen and oxygen atoms in total. The number of sulfonamides is 1. The van der Waals surface area contributed by atoms with E-state index >= 15 is 0 Å². The lowest BCUT2D eigenvalue weighted by atomic mass is 10.1. The predicted molar refractivity (Wildman–Crippen MR) is 153 cm³/mol. The molecule has 2 rings (SSSR count). The van der Waals surface area contributed by atoms with E-state index in [1.165, 1.54) is 9.21 Å². The van der Waals surface area contributed by atoms with E-state index in [0.29, 0.717) is 34.5 Å². The summed E-state index contributed by atoms with van der Waals surface area (Å²) in [6.45, 7) is 8.20. The smallest absolute Gasteiger partial charge is 0.243 e. The van der Waals surface area contributed by atoms with E-state index in [0.717, 1.165) is 11.8 Å². The third-order valence-corrected chi connectivity index (χ3v) is 7.67. The van der Waals surface area contributed by atoms with E-state index in [1.807, 2.05) is 27.7 Å². The van der Waals surface area contributed by atoms with Gasteiger partial charge in [0.2, 0.25) is 21.8 Å². The van der Waals surface area contributed by atoms with E-state index in [2.05, 4.69) is 5.32 Å². The van der Waals surface area contributed by atoms with Crippen LogP contribution in [-0.2, 0) is 26.2 Å². The maximum absolute atomic E-state index is 13.5. The van der Waals surface area contributed by atoms with Crippen LogP contribution in [0.3, 0.4) is 0 Å². The van der Waals surface area contributed by atoms with Crippen molar-refractivity contribution in [3.05, 3.63) is 58.1 Å². The Kier molecular flexibility index (Phi) is 12.2. The van der Waals surface area contributed by atoms with Gasteiger partial charge >= 0.3 is 0 Å². The summed E-state index contributed by atoms with van der Waals surface area (Å²) in [6, 6.07) is 11.1. The quantitative estimate of drug-likeness (QED) is 0.326. The molecular formula is C27H37Cl2N3O5S. The lowest BCUT2D eigenvalue weighted by Crippen LogP contribution is -2.50. The first kappa shape index (κ1) is 31.7. The van der Waals surface area contributed by atoms with Crippen molar-refractivity contribution < 1.29 is 22.7 Å². The summed E-state index contributed by atoms with van der Waals surface area (Å²) >= 11 is 12.2. The van der Waals surface area contributed by atoms with Gasteiger partial charge in [-0.3, -0.25) is 13.9 Å². The van der Waals surface area contributed by atoms with Crippen molar-refractivity contribution in [3.8, 4) is 5.75 Å². The molecule has 11 heteroatoms. The Morgan fingerprint density at radius 1 is 1.03 bits per heavy atom. The second-order valence-electron chi connectivity index (χ2n) is 9.22. The van der Waals surface area contributed by atoms with Gasteiger partial charge in [0, 0.05) is 25.6 Å². The van der Waals surface area contributed by atoms with Gasteiger partial charge in [-0.25, -0.2) is 8.42 Å². The summed E-state index contributed by atoms with van der Waals surface area (Å²) in [5.74, 6) is 0.133. The number of anilines is 1. The van der Waals surface area contributed by atoms with Crippen LogP contribution in [0, 0.1) is 0 Å². The van der Waals surface area contributed by atoms with Crippen LogP contribution in [0.25, 0.3) is 0 Å². The van der Waals surface area contributed by atoms with Crippen LogP contribution in [0.2, 0.25) is 10.0 Å². The number of carbonyl (C=O) groups excluding carboxylic acids is 2. The zero-order valence-corrected chi connectivity index (χ0v) is 24.9. The standard InChI is InChI=1S/C27H37Cl2N3O5S/c1-6-25(27(34)30-19(3)4)31(18-20-10-15-23(28)24(29)17-20)26(33)9-8-16-32(38(5,35)36)21-11-13-22(14-12-21)37-7-2/h10-15,17,19,25H,6-9,16,18H2,1-5H3,(H,30,34). The summed E-state index contributed by atoms with van der Waals surface area (Å²) in [6.07, 6.45) is 1.85. The molecular weight excluding hydrogens is 549 g/mol. The Hall–Kier alpha value is -2.49. The molecule has 0 saturated heterocycles. The zero-order chi connectivity index (χ0) is 28.5. The minimum atomic E-state index is -3.59. The van der Waals surface area contributed by atoms with Gasteiger partial charge in [-0.05, 0) is 75.6 Å². The van der Waals surface area contributed by atoms with Crippen molar-refractivity contribution in [3.63, 3.8) is 0 Å². The molecule has 1 unspecified atom stereocenters. The lowest BCUT2D eigenvalue weighted by Gasteiger charge is -2.31. The van der Waals surface area contributed by atoms with Crippen molar-refractivity contribution in [2.24, 2.45) is 0 Å². The molecule has 0 aliphatic rings. The third-order valence-electron chi connectivity index (χ3n) is 5.74. The zero-order valence-electron chi connectivity index (χ0n) is 22.5. The largest absolute Gasteiger partial charge is 0.494 e. The number of halogens is 2. The predicted octanol–water partition coefficient (Wildman–Crippen LogP) is 5.27. The third kappa shape index (κ3) is 9.36. The molecule has 0 bridgehead atoms. The number of nitrogens with zero attached hydrogens (tertiary/aromatic N) is 2. The first-order chi connectivity index (χ1) is 17.9. The topological polar surface area (TPSA) is 96.0 Å². The average Bonchev–Trinajstić information content (AvgIpc) is 2.83. The van der Waals surface area contributed by atoms with Crippen LogP contribution >= 0.6 is 23.2 Å². The second-order valence-corrected chi connectivity index (χ2v) is 11.9. The maximum Gasteiger partial charge on any atom is 0.243 e. The minimum absolute atomic E-state index is 0.0514. The number of carbonyl (C=O) groups is 2. The maximum atomic E-state index is 13.5. The fourth-order valence-corrected chi connectivity index (χ4v) is 5.30. The highest BCUT2D eigenvalue weighted by Gasteiger charge is 2.29. The molecule has 38 heavy (non-hydrogen) atoms. The normalized spacial score (nSPS) is 12.2. The summed E-state index contributed by atoms with van der Waals surface area (Å²) in [5.41, 5.74) is 1.22. The van der Waals surface area contributed by atoms with Crippen LogP contribution in [-0.4, -0.2) is 56.6 Å². The minimum Gasteiger partial charge on any atom is -0.494 e. The highest BCUT2D eigenvalue weighted by atomic mass is 35.5. The SMILES string of the molecule is CCOc1ccc(N(CCCC(=O)N(Cc2ccc(Cl)c(Cl)c2)C(CC)C(=O)NC(C)C)S(C)(=O)=O)cc1. The molecule has 0 aromatic heterocycles. The van der Waals surface area contributed by atoms with Crippen LogP contribution in [0.15, 0.2) is 42.5 Å². The molecule has 0 spiro atoms. The fraction of sp³-hybridized carbons (Fsp3) is 0.481. The van der Waals surface area contributed by atoms with Crippen LogP contribution in [0.4, 0.5) is 5.69 Å². The van der Waals surface area contributed by atoms with Crippen molar-refractivity contribution in [2.45, 2.75) is 65.6 Å². The number of benzene rings is 2. The van der Waals surface area contributed by atoms with Gasteiger partial charge in [-0.2, -0.15) is 0 Å². The molecule has 0 aliphatic carbocycles. The number of hydrogen-bond donors (Lipinski definition) is 1. The number of hydrogen-bond acceptors (Lipinski definition) is 5. The second kappa shape index (κ2) is 14.6. The van der Waals surface area contributed by atoms with Crippen molar-refractivity contribution >= 4 is 50.7 Å². The molecule has 0 fully saturated rings. The van der Waals surface area contributed by atoms with Gasteiger partial charge < -0.3 is 15.0 Å². The highest BCUT2D eigenvalue weighted by Crippen LogP contribution is 2.25. The fourth-order valence-electron chi connectivity index (χ4n) is 4.01. The summed E-state index contributed by atoms with van der Waals surface area (Å²) in [5, 5.41) is 3.64.